The van der Waals surface area contributed by atoms with Crippen molar-refractivity contribution in [2.75, 3.05) is 19.3 Å². The number of hydrogen-bond acceptors (Lipinski definition) is 4. The molecule has 4 nitrogen and oxygen atoms in total. The highest BCUT2D eigenvalue weighted by atomic mass is 35.5. The number of rotatable bonds is 5. The maximum Gasteiger partial charge on any atom is 0.240 e. The second-order valence-electron chi connectivity index (χ2n) is 4.32. The number of thioether (sulfide) groups is 1. The summed E-state index contributed by atoms with van der Waals surface area (Å²) in [7, 11) is -3.38. The standard InChI is InChI=1S/C12H18N2O2S2.ClH/c1-17-11-5-2-6-12(8-11)18(15,16)14-9-10-4-3-7-13-10;/h2,5-6,8,10,13-14H,3-4,7,9H2,1H3;1H. The Morgan fingerprint density at radius 2 is 2.26 bits per heavy atom. The minimum Gasteiger partial charge on any atom is -0.313 e. The molecule has 1 aliphatic rings. The maximum atomic E-state index is 12.1. The van der Waals surface area contributed by atoms with Gasteiger partial charge < -0.3 is 5.32 Å². The minimum atomic E-state index is -3.38. The van der Waals surface area contributed by atoms with Crippen LogP contribution in [0.15, 0.2) is 34.1 Å². The lowest BCUT2D eigenvalue weighted by Gasteiger charge is -2.12. The van der Waals surface area contributed by atoms with Crippen LogP contribution in [0.25, 0.3) is 0 Å². The summed E-state index contributed by atoms with van der Waals surface area (Å²) in [6, 6.07) is 7.28. The normalized spacial score (nSPS) is 19.1. The molecule has 0 aliphatic carbocycles. The van der Waals surface area contributed by atoms with Crippen LogP contribution >= 0.6 is 24.2 Å². The number of sulfonamides is 1. The van der Waals surface area contributed by atoms with Crippen molar-refractivity contribution < 1.29 is 8.42 Å². The molecular formula is C12H19ClN2O2S2. The van der Waals surface area contributed by atoms with Crippen LogP contribution in [0.4, 0.5) is 0 Å². The second kappa shape index (κ2) is 7.50. The van der Waals surface area contributed by atoms with Gasteiger partial charge in [-0.15, -0.1) is 24.2 Å². The lowest BCUT2D eigenvalue weighted by Crippen LogP contribution is -2.37. The van der Waals surface area contributed by atoms with Gasteiger partial charge in [-0.25, -0.2) is 13.1 Å². The number of nitrogens with one attached hydrogen (secondary N) is 2. The number of hydrogen-bond donors (Lipinski definition) is 2. The monoisotopic (exact) mass is 322 g/mol. The Bertz CT molecular complexity index is 502. The lowest BCUT2D eigenvalue weighted by atomic mass is 10.2. The molecule has 1 saturated heterocycles. The molecule has 2 rings (SSSR count). The Balaban J connectivity index is 0.00000180. The molecule has 0 spiro atoms. The van der Waals surface area contributed by atoms with Crippen molar-refractivity contribution in [2.24, 2.45) is 0 Å². The van der Waals surface area contributed by atoms with Crippen LogP contribution in [0.5, 0.6) is 0 Å². The Labute approximate surface area is 125 Å². The fraction of sp³-hybridized carbons (Fsp3) is 0.500. The van der Waals surface area contributed by atoms with Crippen LogP contribution < -0.4 is 10.0 Å². The average Bonchev–Trinajstić information content (AvgIpc) is 2.90. The van der Waals surface area contributed by atoms with E-state index < -0.39 is 10.0 Å². The van der Waals surface area contributed by atoms with Gasteiger partial charge >= 0.3 is 0 Å². The Morgan fingerprint density at radius 3 is 2.89 bits per heavy atom. The summed E-state index contributed by atoms with van der Waals surface area (Å²) >= 11 is 1.54. The third-order valence-corrected chi connectivity index (χ3v) is 5.18. The Hall–Kier alpha value is -0.270. The van der Waals surface area contributed by atoms with Crippen molar-refractivity contribution in [2.45, 2.75) is 28.7 Å². The van der Waals surface area contributed by atoms with Gasteiger partial charge in [0.15, 0.2) is 0 Å². The van der Waals surface area contributed by atoms with Crippen LogP contribution in [0.2, 0.25) is 0 Å². The molecule has 1 aromatic carbocycles. The third kappa shape index (κ3) is 4.65. The Morgan fingerprint density at radius 1 is 1.47 bits per heavy atom. The zero-order chi connectivity index (χ0) is 13.0. The van der Waals surface area contributed by atoms with Gasteiger partial charge in [-0.1, -0.05) is 6.07 Å². The van der Waals surface area contributed by atoms with Crippen molar-refractivity contribution in [3.05, 3.63) is 24.3 Å². The van der Waals surface area contributed by atoms with E-state index >= 15 is 0 Å². The van der Waals surface area contributed by atoms with Gasteiger partial charge in [-0.05, 0) is 43.8 Å². The highest BCUT2D eigenvalue weighted by molar-refractivity contribution is 7.98. The first-order chi connectivity index (χ1) is 8.62. The lowest BCUT2D eigenvalue weighted by molar-refractivity contribution is 0.551. The molecule has 0 bridgehead atoms. The molecule has 1 aliphatic heterocycles. The van der Waals surface area contributed by atoms with Gasteiger partial charge in [0.05, 0.1) is 4.90 Å². The Kier molecular flexibility index (Phi) is 6.62. The van der Waals surface area contributed by atoms with E-state index in [0.717, 1.165) is 24.3 Å². The largest absolute Gasteiger partial charge is 0.313 e. The minimum absolute atomic E-state index is 0. The van der Waals surface area contributed by atoms with E-state index in [2.05, 4.69) is 10.0 Å². The van der Waals surface area contributed by atoms with Crippen LogP contribution in [0.1, 0.15) is 12.8 Å². The van der Waals surface area contributed by atoms with Crippen molar-refractivity contribution in [3.63, 3.8) is 0 Å². The maximum absolute atomic E-state index is 12.1. The molecule has 108 valence electrons. The van der Waals surface area contributed by atoms with Gasteiger partial charge in [0, 0.05) is 17.5 Å². The summed E-state index contributed by atoms with van der Waals surface area (Å²) < 4.78 is 26.9. The quantitative estimate of drug-likeness (QED) is 0.812. The summed E-state index contributed by atoms with van der Waals surface area (Å²) in [6.45, 7) is 1.44. The summed E-state index contributed by atoms with van der Waals surface area (Å²) in [6.07, 6.45) is 4.09. The molecule has 0 radical (unpaired) electrons. The fourth-order valence-corrected chi connectivity index (χ4v) is 3.65. The summed E-state index contributed by atoms with van der Waals surface area (Å²) in [4.78, 5) is 1.30. The van der Waals surface area contributed by atoms with Crippen LogP contribution in [0.3, 0.4) is 0 Å². The van der Waals surface area contributed by atoms with Crippen molar-refractivity contribution in [3.8, 4) is 0 Å². The van der Waals surface area contributed by atoms with E-state index in [-0.39, 0.29) is 18.4 Å². The summed E-state index contributed by atoms with van der Waals surface area (Å²) in [5, 5.41) is 3.27. The first-order valence-corrected chi connectivity index (χ1v) is 8.70. The zero-order valence-electron chi connectivity index (χ0n) is 10.8. The van der Waals surface area contributed by atoms with Gasteiger partial charge in [0.1, 0.15) is 0 Å². The molecule has 1 aromatic rings. The van der Waals surface area contributed by atoms with Crippen LogP contribution in [0, 0.1) is 0 Å². The van der Waals surface area contributed by atoms with E-state index in [1.54, 1.807) is 18.2 Å². The van der Waals surface area contributed by atoms with E-state index in [1.165, 1.54) is 11.8 Å². The summed E-state index contributed by atoms with van der Waals surface area (Å²) in [5.74, 6) is 0. The van der Waals surface area contributed by atoms with Crippen molar-refractivity contribution in [1.29, 1.82) is 0 Å². The summed E-state index contributed by atoms with van der Waals surface area (Å²) in [5.41, 5.74) is 0. The first-order valence-electron chi connectivity index (χ1n) is 5.99. The molecule has 1 heterocycles. The van der Waals surface area contributed by atoms with Crippen LogP contribution in [-0.4, -0.2) is 33.8 Å². The molecule has 19 heavy (non-hydrogen) atoms. The predicted octanol–water partition coefficient (Wildman–Crippen LogP) is 1.86. The molecule has 1 atom stereocenters. The molecule has 2 N–H and O–H groups in total. The third-order valence-electron chi connectivity index (χ3n) is 3.03. The highest BCUT2D eigenvalue weighted by Gasteiger charge is 2.19. The van der Waals surface area contributed by atoms with E-state index in [9.17, 15) is 8.42 Å². The molecular weight excluding hydrogens is 304 g/mol. The first kappa shape index (κ1) is 16.8. The highest BCUT2D eigenvalue weighted by Crippen LogP contribution is 2.19. The second-order valence-corrected chi connectivity index (χ2v) is 6.97. The average molecular weight is 323 g/mol. The van der Waals surface area contributed by atoms with Crippen LogP contribution in [-0.2, 0) is 10.0 Å². The van der Waals surface area contributed by atoms with Gasteiger partial charge in [0.25, 0.3) is 0 Å². The molecule has 7 heteroatoms. The molecule has 0 saturated carbocycles. The van der Waals surface area contributed by atoms with Gasteiger partial charge in [-0.3, -0.25) is 0 Å². The predicted molar refractivity (Wildman–Crippen MR) is 81.7 cm³/mol. The van der Waals surface area contributed by atoms with Gasteiger partial charge in [-0.2, -0.15) is 0 Å². The topological polar surface area (TPSA) is 58.2 Å². The number of benzene rings is 1. The molecule has 1 unspecified atom stereocenters. The van der Waals surface area contributed by atoms with E-state index in [0.29, 0.717) is 11.4 Å². The van der Waals surface area contributed by atoms with E-state index in [1.807, 2.05) is 12.3 Å². The van der Waals surface area contributed by atoms with Gasteiger partial charge in [0.2, 0.25) is 10.0 Å². The van der Waals surface area contributed by atoms with Crippen molar-refractivity contribution in [1.82, 2.24) is 10.0 Å². The molecule has 0 amide bonds. The van der Waals surface area contributed by atoms with Crippen molar-refractivity contribution >= 4 is 34.2 Å². The van der Waals surface area contributed by atoms with E-state index in [4.69, 9.17) is 0 Å². The molecule has 0 aromatic heterocycles. The fourth-order valence-electron chi connectivity index (χ4n) is 1.99. The zero-order valence-corrected chi connectivity index (χ0v) is 13.2. The molecule has 1 fully saturated rings. The number of halogens is 1. The SMILES string of the molecule is CSc1cccc(S(=O)(=O)NCC2CCCN2)c1.Cl. The smallest absolute Gasteiger partial charge is 0.240 e.